The van der Waals surface area contributed by atoms with E-state index >= 15 is 0 Å². The first-order valence-electron chi connectivity index (χ1n) is 2.51. The monoisotopic (exact) mass is 154 g/mol. The van der Waals surface area contributed by atoms with E-state index in [1.54, 1.807) is 18.3 Å². The number of rotatable bonds is 0. The smallest absolute Gasteiger partial charge is 0.114 e. The highest BCUT2D eigenvalue weighted by Gasteiger charge is 1.85. The summed E-state index contributed by atoms with van der Waals surface area (Å²) in [7, 11) is 0. The van der Waals surface area contributed by atoms with E-state index in [2.05, 4.69) is 10.9 Å². The van der Waals surface area contributed by atoms with E-state index in [4.69, 9.17) is 12.2 Å². The third-order valence-corrected chi connectivity index (χ3v) is 0.932. The molecular formula is C7H7ClN2. The van der Waals surface area contributed by atoms with E-state index < -0.39 is 0 Å². The van der Waals surface area contributed by atoms with Crippen molar-refractivity contribution in [2.24, 2.45) is 0 Å². The van der Waals surface area contributed by atoms with E-state index in [1.165, 1.54) is 0 Å². The first-order chi connectivity index (χ1) is 4.33. The summed E-state index contributed by atoms with van der Waals surface area (Å²) >= 11 is 0. The molecule has 0 radical (unpaired) electrons. The van der Waals surface area contributed by atoms with E-state index in [9.17, 15) is 0 Å². The van der Waals surface area contributed by atoms with Gasteiger partial charge < -0.3 is 5.73 Å². The van der Waals surface area contributed by atoms with Crippen molar-refractivity contribution in [1.29, 1.82) is 0 Å². The van der Waals surface area contributed by atoms with Gasteiger partial charge in [-0.15, -0.1) is 18.8 Å². The molecule has 0 fully saturated rings. The molecule has 0 saturated heterocycles. The molecule has 0 unspecified atom stereocenters. The lowest BCUT2D eigenvalue weighted by Crippen LogP contribution is -1.86. The van der Waals surface area contributed by atoms with Crippen LogP contribution in [0.15, 0.2) is 18.3 Å². The maximum atomic E-state index is 5.40. The molecule has 1 aromatic heterocycles. The Balaban J connectivity index is 0.000000810. The Kier molecular flexibility index (Phi) is 3.30. The number of nitrogens with zero attached hydrogens (tertiary/aromatic N) is 1. The molecule has 0 amide bonds. The van der Waals surface area contributed by atoms with Crippen LogP contribution in [0.25, 0.3) is 0 Å². The van der Waals surface area contributed by atoms with Crippen LogP contribution in [0, 0.1) is 12.3 Å². The number of terminal acetylenes is 1. The summed E-state index contributed by atoms with van der Waals surface area (Å²) in [4.78, 5) is 3.84. The Labute approximate surface area is 65.9 Å². The zero-order valence-corrected chi connectivity index (χ0v) is 6.06. The summed E-state index contributed by atoms with van der Waals surface area (Å²) in [6.07, 6.45) is 6.64. The molecule has 1 aromatic rings. The van der Waals surface area contributed by atoms with Crippen LogP contribution in [-0.2, 0) is 0 Å². The maximum absolute atomic E-state index is 5.40. The van der Waals surface area contributed by atoms with Crippen LogP contribution in [0.3, 0.4) is 0 Å². The van der Waals surface area contributed by atoms with Crippen molar-refractivity contribution in [2.45, 2.75) is 0 Å². The second-order valence-electron chi connectivity index (χ2n) is 1.62. The van der Waals surface area contributed by atoms with Crippen molar-refractivity contribution in [1.82, 2.24) is 4.98 Å². The number of nitrogen functional groups attached to an aromatic ring is 1. The van der Waals surface area contributed by atoms with Gasteiger partial charge in [-0.2, -0.15) is 0 Å². The van der Waals surface area contributed by atoms with Gasteiger partial charge in [0.1, 0.15) is 5.69 Å². The number of nitrogens with two attached hydrogens (primary N) is 1. The van der Waals surface area contributed by atoms with Crippen LogP contribution in [0.2, 0.25) is 0 Å². The molecule has 0 bridgehead atoms. The number of anilines is 1. The van der Waals surface area contributed by atoms with Gasteiger partial charge >= 0.3 is 0 Å². The van der Waals surface area contributed by atoms with Gasteiger partial charge in [-0.25, -0.2) is 4.98 Å². The van der Waals surface area contributed by atoms with Gasteiger partial charge in [0.25, 0.3) is 0 Å². The summed E-state index contributed by atoms with van der Waals surface area (Å²) in [5, 5.41) is 0. The summed E-state index contributed by atoms with van der Waals surface area (Å²) in [5.74, 6) is 2.38. The van der Waals surface area contributed by atoms with Gasteiger partial charge in [-0.3, -0.25) is 0 Å². The first kappa shape index (κ1) is 8.80. The summed E-state index contributed by atoms with van der Waals surface area (Å²) in [6.45, 7) is 0. The SMILES string of the molecule is C#Cc1cc(N)ccn1.Cl. The molecule has 0 aromatic carbocycles. The molecule has 0 aliphatic carbocycles. The topological polar surface area (TPSA) is 38.9 Å². The average Bonchev–Trinajstić information content (AvgIpc) is 1.88. The third kappa shape index (κ3) is 1.96. The van der Waals surface area contributed by atoms with Gasteiger partial charge in [0.05, 0.1) is 0 Å². The quantitative estimate of drug-likeness (QED) is 0.568. The zero-order chi connectivity index (χ0) is 6.69. The number of hydrogen-bond acceptors (Lipinski definition) is 2. The minimum absolute atomic E-state index is 0. The molecule has 0 aliphatic rings. The first-order valence-corrected chi connectivity index (χ1v) is 2.51. The van der Waals surface area contributed by atoms with Crippen LogP contribution in [0.4, 0.5) is 5.69 Å². The summed E-state index contributed by atoms with van der Waals surface area (Å²) < 4.78 is 0. The number of halogens is 1. The predicted octanol–water partition coefficient (Wildman–Crippen LogP) is 1.07. The molecule has 52 valence electrons. The molecule has 2 nitrogen and oxygen atoms in total. The van der Waals surface area contributed by atoms with Gasteiger partial charge in [-0.1, -0.05) is 5.92 Å². The fourth-order valence-corrected chi connectivity index (χ4v) is 0.526. The molecule has 0 atom stereocenters. The van der Waals surface area contributed by atoms with Crippen molar-refractivity contribution >= 4 is 18.1 Å². The Hall–Kier alpha value is -1.20. The fraction of sp³-hybridized carbons (Fsp3) is 0. The molecule has 1 rings (SSSR count). The molecule has 10 heavy (non-hydrogen) atoms. The minimum atomic E-state index is 0. The number of hydrogen-bond donors (Lipinski definition) is 1. The van der Waals surface area contributed by atoms with Crippen molar-refractivity contribution in [2.75, 3.05) is 5.73 Å². The van der Waals surface area contributed by atoms with Crippen LogP contribution >= 0.6 is 12.4 Å². The Morgan fingerprint density at radius 1 is 1.60 bits per heavy atom. The summed E-state index contributed by atoms with van der Waals surface area (Å²) in [6, 6.07) is 3.35. The number of aromatic nitrogens is 1. The van der Waals surface area contributed by atoms with Crippen molar-refractivity contribution < 1.29 is 0 Å². The zero-order valence-electron chi connectivity index (χ0n) is 5.24. The minimum Gasteiger partial charge on any atom is -0.399 e. The molecular weight excluding hydrogens is 148 g/mol. The Morgan fingerprint density at radius 2 is 2.30 bits per heavy atom. The molecule has 0 aliphatic heterocycles. The van der Waals surface area contributed by atoms with Crippen LogP contribution in [-0.4, -0.2) is 4.98 Å². The Bertz CT molecular complexity index is 252. The molecule has 3 heteroatoms. The Morgan fingerprint density at radius 3 is 2.70 bits per heavy atom. The third-order valence-electron chi connectivity index (χ3n) is 0.932. The van der Waals surface area contributed by atoms with Gasteiger partial charge in [-0.05, 0) is 12.1 Å². The van der Waals surface area contributed by atoms with Gasteiger partial charge in [0, 0.05) is 11.9 Å². The standard InChI is InChI=1S/C7H6N2.ClH/c1-2-7-5-6(8)3-4-9-7;/h1,3-5H,(H2,8,9);1H. The van der Waals surface area contributed by atoms with E-state index in [1.807, 2.05) is 0 Å². The van der Waals surface area contributed by atoms with Crippen molar-refractivity contribution in [3.05, 3.63) is 24.0 Å². The van der Waals surface area contributed by atoms with Crippen molar-refractivity contribution in [3.63, 3.8) is 0 Å². The second-order valence-corrected chi connectivity index (χ2v) is 1.62. The van der Waals surface area contributed by atoms with E-state index in [0.29, 0.717) is 11.4 Å². The lowest BCUT2D eigenvalue weighted by molar-refractivity contribution is 1.29. The highest BCUT2D eigenvalue weighted by Crippen LogP contribution is 1.99. The molecule has 0 spiro atoms. The lowest BCUT2D eigenvalue weighted by Gasteiger charge is -1.89. The molecule has 0 saturated carbocycles. The van der Waals surface area contributed by atoms with E-state index in [0.717, 1.165) is 0 Å². The van der Waals surface area contributed by atoms with Crippen molar-refractivity contribution in [3.8, 4) is 12.3 Å². The van der Waals surface area contributed by atoms with Crippen LogP contribution in [0.5, 0.6) is 0 Å². The van der Waals surface area contributed by atoms with Gasteiger partial charge in [0.2, 0.25) is 0 Å². The van der Waals surface area contributed by atoms with E-state index in [-0.39, 0.29) is 12.4 Å². The van der Waals surface area contributed by atoms with Crippen LogP contribution < -0.4 is 5.73 Å². The summed E-state index contributed by atoms with van der Waals surface area (Å²) in [5.41, 5.74) is 6.63. The highest BCUT2D eigenvalue weighted by atomic mass is 35.5. The fourth-order valence-electron chi connectivity index (χ4n) is 0.526. The normalized spacial score (nSPS) is 7.50. The molecule has 1 heterocycles. The average molecular weight is 155 g/mol. The lowest BCUT2D eigenvalue weighted by atomic mass is 10.3. The van der Waals surface area contributed by atoms with Crippen LogP contribution in [0.1, 0.15) is 5.69 Å². The number of pyridine rings is 1. The largest absolute Gasteiger partial charge is 0.399 e. The maximum Gasteiger partial charge on any atom is 0.114 e. The second kappa shape index (κ2) is 3.76. The highest BCUT2D eigenvalue weighted by molar-refractivity contribution is 5.85. The molecule has 2 N–H and O–H groups in total. The predicted molar refractivity (Wildman–Crippen MR) is 43.8 cm³/mol. The van der Waals surface area contributed by atoms with Gasteiger partial charge in [0.15, 0.2) is 0 Å².